The number of fused-ring (bicyclic) bond motifs is 1. The van der Waals surface area contributed by atoms with Gasteiger partial charge in [-0.1, -0.05) is 36.4 Å². The Balaban J connectivity index is 1.65. The van der Waals surface area contributed by atoms with E-state index in [2.05, 4.69) is 10.6 Å². The number of nitrogens with one attached hydrogen (secondary N) is 2. The van der Waals surface area contributed by atoms with Crippen LogP contribution >= 0.6 is 0 Å². The van der Waals surface area contributed by atoms with Crippen LogP contribution in [0.5, 0.6) is 0 Å². The largest absolute Gasteiger partial charge is 0.341 e. The first-order valence-corrected chi connectivity index (χ1v) is 7.99. The second kappa shape index (κ2) is 6.69. The molecule has 1 fully saturated rings. The van der Waals surface area contributed by atoms with Crippen LogP contribution in [-0.4, -0.2) is 36.0 Å². The number of benzene rings is 2. The van der Waals surface area contributed by atoms with Gasteiger partial charge in [0.15, 0.2) is 0 Å². The molecule has 2 aromatic carbocycles. The van der Waals surface area contributed by atoms with Crippen molar-refractivity contribution in [3.63, 3.8) is 0 Å². The average molecular weight is 311 g/mol. The number of hydrogen-bond donors (Lipinski definition) is 2. The molecule has 0 saturated carbocycles. The number of likely N-dealkylation sites (tertiary alicyclic amines) is 1. The van der Waals surface area contributed by atoms with Crippen molar-refractivity contribution in [1.29, 1.82) is 0 Å². The Kier molecular flexibility index (Phi) is 4.46. The van der Waals surface area contributed by atoms with Gasteiger partial charge in [-0.3, -0.25) is 4.79 Å². The number of urea groups is 1. The molecule has 3 amide bonds. The molecule has 2 N–H and O–H groups in total. The van der Waals surface area contributed by atoms with Gasteiger partial charge in [0.05, 0.1) is 5.69 Å². The number of carbonyl (C=O) groups is 2. The first-order chi connectivity index (χ1) is 11.1. The molecule has 120 valence electrons. The number of hydrogen-bond acceptors (Lipinski definition) is 2. The molecule has 1 saturated heterocycles. The lowest BCUT2D eigenvalue weighted by Crippen LogP contribution is -2.47. The van der Waals surface area contributed by atoms with Crippen molar-refractivity contribution in [3.05, 3.63) is 42.5 Å². The summed E-state index contributed by atoms with van der Waals surface area (Å²) in [6.07, 6.45) is 2.08. The SMILES string of the molecule is CC(NC(=O)Nc1cccc2ccccc12)C(=O)N1CCCC1. The summed E-state index contributed by atoms with van der Waals surface area (Å²) < 4.78 is 0. The fourth-order valence-electron chi connectivity index (χ4n) is 2.96. The van der Waals surface area contributed by atoms with E-state index in [1.165, 1.54) is 0 Å². The van der Waals surface area contributed by atoms with Crippen LogP contribution in [-0.2, 0) is 4.79 Å². The summed E-state index contributed by atoms with van der Waals surface area (Å²) in [6, 6.07) is 12.7. The molecule has 3 rings (SSSR count). The third-order valence-electron chi connectivity index (χ3n) is 4.17. The molecule has 0 spiro atoms. The van der Waals surface area contributed by atoms with Gasteiger partial charge < -0.3 is 15.5 Å². The summed E-state index contributed by atoms with van der Waals surface area (Å²) in [5.74, 6) is -0.0180. The maximum absolute atomic E-state index is 12.2. The minimum absolute atomic E-state index is 0.0180. The third kappa shape index (κ3) is 3.44. The molecule has 23 heavy (non-hydrogen) atoms. The highest BCUT2D eigenvalue weighted by molar-refractivity contribution is 6.02. The molecular weight excluding hydrogens is 290 g/mol. The van der Waals surface area contributed by atoms with Gasteiger partial charge in [-0.15, -0.1) is 0 Å². The Hall–Kier alpha value is -2.56. The van der Waals surface area contributed by atoms with Gasteiger partial charge in [-0.25, -0.2) is 4.79 Å². The van der Waals surface area contributed by atoms with E-state index >= 15 is 0 Å². The number of rotatable bonds is 3. The molecule has 1 aliphatic rings. The van der Waals surface area contributed by atoms with E-state index in [0.29, 0.717) is 0 Å². The van der Waals surface area contributed by atoms with Crippen LogP contribution < -0.4 is 10.6 Å². The maximum Gasteiger partial charge on any atom is 0.319 e. The van der Waals surface area contributed by atoms with Crippen molar-refractivity contribution in [3.8, 4) is 0 Å². The number of carbonyl (C=O) groups excluding carboxylic acids is 2. The van der Waals surface area contributed by atoms with Crippen LogP contribution in [0.1, 0.15) is 19.8 Å². The van der Waals surface area contributed by atoms with Gasteiger partial charge in [0.1, 0.15) is 6.04 Å². The first-order valence-electron chi connectivity index (χ1n) is 7.99. The lowest BCUT2D eigenvalue weighted by molar-refractivity contribution is -0.131. The first kappa shape index (κ1) is 15.3. The second-order valence-electron chi connectivity index (χ2n) is 5.88. The zero-order valence-corrected chi connectivity index (χ0v) is 13.2. The van der Waals surface area contributed by atoms with E-state index in [4.69, 9.17) is 0 Å². The Morgan fingerprint density at radius 2 is 1.74 bits per heavy atom. The molecule has 0 aliphatic carbocycles. The molecule has 1 heterocycles. The smallest absolute Gasteiger partial charge is 0.319 e. The standard InChI is InChI=1S/C18H21N3O2/c1-13(17(22)21-11-4-5-12-21)19-18(23)20-16-10-6-8-14-7-2-3-9-15(14)16/h2-3,6-10,13H,4-5,11-12H2,1H3,(H2,19,20,23). The minimum atomic E-state index is -0.525. The molecular formula is C18H21N3O2. The summed E-state index contributed by atoms with van der Waals surface area (Å²) in [4.78, 5) is 26.2. The predicted octanol–water partition coefficient (Wildman–Crippen LogP) is 2.97. The Morgan fingerprint density at radius 1 is 1.04 bits per heavy atom. The van der Waals surface area contributed by atoms with Crippen LogP contribution in [0, 0.1) is 0 Å². The number of anilines is 1. The van der Waals surface area contributed by atoms with Gasteiger partial charge in [0.25, 0.3) is 0 Å². The van der Waals surface area contributed by atoms with Crippen molar-refractivity contribution >= 4 is 28.4 Å². The number of amides is 3. The summed E-state index contributed by atoms with van der Waals surface area (Å²) in [5.41, 5.74) is 0.737. The summed E-state index contributed by atoms with van der Waals surface area (Å²) in [5, 5.41) is 7.61. The van der Waals surface area contributed by atoms with E-state index in [9.17, 15) is 9.59 Å². The Labute approximate surface area is 135 Å². The third-order valence-corrected chi connectivity index (χ3v) is 4.17. The highest BCUT2D eigenvalue weighted by Gasteiger charge is 2.24. The van der Waals surface area contributed by atoms with E-state index in [1.54, 1.807) is 6.92 Å². The molecule has 0 radical (unpaired) electrons. The van der Waals surface area contributed by atoms with Crippen molar-refractivity contribution in [2.75, 3.05) is 18.4 Å². The molecule has 1 aliphatic heterocycles. The zero-order chi connectivity index (χ0) is 16.2. The van der Waals surface area contributed by atoms with E-state index in [1.807, 2.05) is 47.4 Å². The topological polar surface area (TPSA) is 61.4 Å². The molecule has 1 unspecified atom stereocenters. The van der Waals surface area contributed by atoms with Crippen LogP contribution in [0.3, 0.4) is 0 Å². The van der Waals surface area contributed by atoms with Gasteiger partial charge in [0.2, 0.25) is 5.91 Å². The van der Waals surface area contributed by atoms with Crippen molar-refractivity contribution < 1.29 is 9.59 Å². The monoisotopic (exact) mass is 311 g/mol. The normalized spacial score (nSPS) is 15.4. The molecule has 0 aromatic heterocycles. The summed E-state index contributed by atoms with van der Waals surface area (Å²) in [7, 11) is 0. The average Bonchev–Trinajstić information content (AvgIpc) is 3.08. The Morgan fingerprint density at radius 3 is 2.52 bits per heavy atom. The van der Waals surface area contributed by atoms with Crippen molar-refractivity contribution in [2.24, 2.45) is 0 Å². The number of nitrogens with zero attached hydrogens (tertiary/aromatic N) is 1. The Bertz CT molecular complexity index is 718. The summed E-state index contributed by atoms with van der Waals surface area (Å²) >= 11 is 0. The lowest BCUT2D eigenvalue weighted by Gasteiger charge is -2.21. The van der Waals surface area contributed by atoms with Crippen LogP contribution in [0.4, 0.5) is 10.5 Å². The fraction of sp³-hybridized carbons (Fsp3) is 0.333. The zero-order valence-electron chi connectivity index (χ0n) is 13.2. The van der Waals surface area contributed by atoms with Gasteiger partial charge in [0, 0.05) is 18.5 Å². The quantitative estimate of drug-likeness (QED) is 0.915. The molecule has 5 heteroatoms. The molecule has 5 nitrogen and oxygen atoms in total. The van der Waals surface area contributed by atoms with Crippen LogP contribution in [0.2, 0.25) is 0 Å². The molecule has 0 bridgehead atoms. The van der Waals surface area contributed by atoms with Crippen molar-refractivity contribution in [1.82, 2.24) is 10.2 Å². The molecule has 1 atom stereocenters. The van der Waals surface area contributed by atoms with Crippen molar-refractivity contribution in [2.45, 2.75) is 25.8 Å². The maximum atomic E-state index is 12.2. The van der Waals surface area contributed by atoms with Gasteiger partial charge in [-0.05, 0) is 31.2 Å². The van der Waals surface area contributed by atoms with Crippen LogP contribution in [0.25, 0.3) is 10.8 Å². The fourth-order valence-corrected chi connectivity index (χ4v) is 2.96. The second-order valence-corrected chi connectivity index (χ2v) is 5.88. The van der Waals surface area contributed by atoms with E-state index < -0.39 is 6.04 Å². The molecule has 2 aromatic rings. The van der Waals surface area contributed by atoms with Gasteiger partial charge in [-0.2, -0.15) is 0 Å². The highest BCUT2D eigenvalue weighted by Crippen LogP contribution is 2.22. The van der Waals surface area contributed by atoms with E-state index in [-0.39, 0.29) is 11.9 Å². The highest BCUT2D eigenvalue weighted by atomic mass is 16.2. The van der Waals surface area contributed by atoms with Crippen LogP contribution in [0.15, 0.2) is 42.5 Å². The summed E-state index contributed by atoms with van der Waals surface area (Å²) in [6.45, 7) is 3.30. The van der Waals surface area contributed by atoms with Gasteiger partial charge >= 0.3 is 6.03 Å². The predicted molar refractivity (Wildman–Crippen MR) is 91.4 cm³/mol. The lowest BCUT2D eigenvalue weighted by atomic mass is 10.1. The minimum Gasteiger partial charge on any atom is -0.341 e. The van der Waals surface area contributed by atoms with E-state index in [0.717, 1.165) is 42.4 Å².